The van der Waals surface area contributed by atoms with Gasteiger partial charge in [0.15, 0.2) is 0 Å². The highest BCUT2D eigenvalue weighted by Crippen LogP contribution is 2.43. The number of anilines is 2. The Labute approximate surface area is 166 Å². The lowest BCUT2D eigenvalue weighted by Crippen LogP contribution is -2.24. The zero-order valence-corrected chi connectivity index (χ0v) is 16.1. The zero-order chi connectivity index (χ0) is 20.1. The van der Waals surface area contributed by atoms with Crippen LogP contribution in [0.5, 0.6) is 0 Å². The summed E-state index contributed by atoms with van der Waals surface area (Å²) < 4.78 is 13.3. The quantitative estimate of drug-likeness (QED) is 0.480. The molecule has 5 rings (SSSR count). The molecule has 0 spiro atoms. The van der Waals surface area contributed by atoms with E-state index in [1.807, 2.05) is 49.3 Å². The van der Waals surface area contributed by atoms with Gasteiger partial charge < -0.3 is 15.6 Å². The maximum absolute atomic E-state index is 13.3. The Morgan fingerprint density at radius 3 is 2.86 bits per heavy atom. The van der Waals surface area contributed by atoms with Crippen molar-refractivity contribution in [1.29, 1.82) is 0 Å². The molecule has 0 saturated heterocycles. The Balaban J connectivity index is 1.39. The molecule has 4 aromatic heterocycles. The average molecular weight is 392 g/mol. The van der Waals surface area contributed by atoms with Crippen LogP contribution < -0.4 is 10.6 Å². The third-order valence-electron chi connectivity index (χ3n) is 5.54. The molecule has 0 aromatic carbocycles. The van der Waals surface area contributed by atoms with Gasteiger partial charge in [0.05, 0.1) is 34.0 Å². The average Bonchev–Trinajstić information content (AvgIpc) is 3.13. The highest BCUT2D eigenvalue weighted by atomic mass is 19.1. The SMILES string of the molecule is C[C@H](c1ccc2[nH]ccc2n1)N(C)c1ncc(-c2cc([C@H]3C[C@H]3F)[nH]n2)c(N)n1. The minimum Gasteiger partial charge on any atom is -0.383 e. The predicted octanol–water partition coefficient (Wildman–Crippen LogP) is 3.35. The molecule has 0 radical (unpaired) electrons. The Kier molecular flexibility index (Phi) is 3.97. The molecular formula is C20H21FN8. The second-order valence-electron chi connectivity index (χ2n) is 7.47. The van der Waals surface area contributed by atoms with Gasteiger partial charge in [0, 0.05) is 31.1 Å². The number of nitrogens with zero attached hydrogens (tertiary/aromatic N) is 5. The molecule has 4 aromatic rings. The predicted molar refractivity (Wildman–Crippen MR) is 109 cm³/mol. The molecule has 0 amide bonds. The molecule has 148 valence electrons. The molecule has 8 nitrogen and oxygen atoms in total. The van der Waals surface area contributed by atoms with Crippen LogP contribution in [-0.2, 0) is 0 Å². The highest BCUT2D eigenvalue weighted by molar-refractivity contribution is 5.75. The van der Waals surface area contributed by atoms with Gasteiger partial charge in [-0.15, -0.1) is 0 Å². The van der Waals surface area contributed by atoms with Crippen molar-refractivity contribution in [2.24, 2.45) is 0 Å². The minimum absolute atomic E-state index is 0.0482. The van der Waals surface area contributed by atoms with Crippen LogP contribution >= 0.6 is 0 Å². The fourth-order valence-electron chi connectivity index (χ4n) is 3.46. The minimum atomic E-state index is -0.784. The van der Waals surface area contributed by atoms with Crippen LogP contribution in [0.3, 0.4) is 0 Å². The number of hydrogen-bond acceptors (Lipinski definition) is 6. The van der Waals surface area contributed by atoms with E-state index in [-0.39, 0.29) is 12.0 Å². The maximum Gasteiger partial charge on any atom is 0.227 e. The van der Waals surface area contributed by atoms with Crippen molar-refractivity contribution < 1.29 is 4.39 Å². The van der Waals surface area contributed by atoms with Gasteiger partial charge >= 0.3 is 0 Å². The Hall–Kier alpha value is -3.49. The van der Waals surface area contributed by atoms with Crippen molar-refractivity contribution in [1.82, 2.24) is 30.1 Å². The molecule has 0 unspecified atom stereocenters. The molecule has 0 bridgehead atoms. The number of nitrogen functional groups attached to an aromatic ring is 1. The summed E-state index contributed by atoms with van der Waals surface area (Å²) in [6, 6.07) is 7.71. The molecule has 1 aliphatic rings. The van der Waals surface area contributed by atoms with Gasteiger partial charge in [0.2, 0.25) is 5.95 Å². The molecule has 1 fully saturated rings. The van der Waals surface area contributed by atoms with E-state index in [0.717, 1.165) is 22.4 Å². The highest BCUT2D eigenvalue weighted by Gasteiger charge is 2.40. The lowest BCUT2D eigenvalue weighted by atomic mass is 10.2. The van der Waals surface area contributed by atoms with Gasteiger partial charge in [0.1, 0.15) is 12.0 Å². The number of fused-ring (bicyclic) bond motifs is 1. The van der Waals surface area contributed by atoms with Gasteiger partial charge in [-0.05, 0) is 37.6 Å². The normalized spacial score (nSPS) is 19.4. The van der Waals surface area contributed by atoms with Gasteiger partial charge in [-0.25, -0.2) is 14.4 Å². The van der Waals surface area contributed by atoms with Crippen LogP contribution in [0.15, 0.2) is 36.7 Å². The van der Waals surface area contributed by atoms with E-state index >= 15 is 0 Å². The number of H-pyrrole nitrogens is 2. The molecule has 0 aliphatic heterocycles. The van der Waals surface area contributed by atoms with Gasteiger partial charge in [-0.3, -0.25) is 5.10 Å². The van der Waals surface area contributed by atoms with E-state index in [0.29, 0.717) is 29.4 Å². The fraction of sp³-hybridized carbons (Fsp3) is 0.300. The maximum atomic E-state index is 13.3. The summed E-state index contributed by atoms with van der Waals surface area (Å²) in [6.45, 7) is 2.04. The Bertz CT molecular complexity index is 1180. The van der Waals surface area contributed by atoms with Gasteiger partial charge in [-0.1, -0.05) is 0 Å². The number of aromatic amines is 2. The van der Waals surface area contributed by atoms with Crippen molar-refractivity contribution in [3.8, 4) is 11.3 Å². The summed E-state index contributed by atoms with van der Waals surface area (Å²) in [5.41, 5.74) is 11.1. The molecule has 4 heterocycles. The number of hydrogen-bond donors (Lipinski definition) is 3. The molecule has 29 heavy (non-hydrogen) atoms. The number of nitrogens with two attached hydrogens (primary N) is 1. The summed E-state index contributed by atoms with van der Waals surface area (Å²) in [6.07, 6.45) is 3.28. The van der Waals surface area contributed by atoms with E-state index in [1.165, 1.54) is 0 Å². The van der Waals surface area contributed by atoms with E-state index in [1.54, 1.807) is 6.20 Å². The molecule has 3 atom stereocenters. The van der Waals surface area contributed by atoms with Crippen molar-refractivity contribution in [3.05, 3.63) is 48.0 Å². The number of aromatic nitrogens is 6. The largest absolute Gasteiger partial charge is 0.383 e. The Morgan fingerprint density at radius 1 is 1.28 bits per heavy atom. The van der Waals surface area contributed by atoms with Crippen LogP contribution in [0.4, 0.5) is 16.2 Å². The number of alkyl halides is 1. The first-order valence-corrected chi connectivity index (χ1v) is 9.50. The lowest BCUT2D eigenvalue weighted by molar-refractivity contribution is 0.466. The molecule has 1 saturated carbocycles. The smallest absolute Gasteiger partial charge is 0.227 e. The first kappa shape index (κ1) is 17.6. The first-order chi connectivity index (χ1) is 14.0. The zero-order valence-electron chi connectivity index (χ0n) is 16.1. The summed E-state index contributed by atoms with van der Waals surface area (Å²) in [5.74, 6) is 0.736. The van der Waals surface area contributed by atoms with Crippen molar-refractivity contribution in [2.45, 2.75) is 31.5 Å². The monoisotopic (exact) mass is 392 g/mol. The van der Waals surface area contributed by atoms with Crippen LogP contribution in [0.1, 0.15) is 36.7 Å². The Morgan fingerprint density at radius 2 is 2.10 bits per heavy atom. The second-order valence-corrected chi connectivity index (χ2v) is 7.47. The van der Waals surface area contributed by atoms with E-state index in [4.69, 9.17) is 10.7 Å². The van der Waals surface area contributed by atoms with E-state index in [2.05, 4.69) is 25.1 Å². The third kappa shape index (κ3) is 3.08. The summed E-state index contributed by atoms with van der Waals surface area (Å²) in [5, 5.41) is 7.14. The summed E-state index contributed by atoms with van der Waals surface area (Å²) in [7, 11) is 1.91. The fourth-order valence-corrected chi connectivity index (χ4v) is 3.46. The number of nitrogens with one attached hydrogen (secondary N) is 2. The van der Waals surface area contributed by atoms with Crippen LogP contribution in [-0.4, -0.2) is 43.4 Å². The summed E-state index contributed by atoms with van der Waals surface area (Å²) >= 11 is 0. The summed E-state index contributed by atoms with van der Waals surface area (Å²) in [4.78, 5) is 18.7. The van der Waals surface area contributed by atoms with Crippen LogP contribution in [0.25, 0.3) is 22.3 Å². The number of halogens is 1. The van der Waals surface area contributed by atoms with Crippen LogP contribution in [0, 0.1) is 0 Å². The standard InChI is InChI=1S/C20H21FN8/c1-10(14-3-4-15-16(25-14)5-6-23-15)29(2)20-24-9-12(19(22)26-20)18-8-17(27-28-18)11-7-13(11)21/h3-6,8-11,13,23H,7H2,1-2H3,(H,27,28)(H2,22,24,26)/t10-,11+,13-/m1/s1. The molecule has 4 N–H and O–H groups in total. The van der Waals surface area contributed by atoms with E-state index < -0.39 is 6.17 Å². The van der Waals surface area contributed by atoms with Crippen LogP contribution in [0.2, 0.25) is 0 Å². The number of rotatable bonds is 5. The first-order valence-electron chi connectivity index (χ1n) is 9.50. The van der Waals surface area contributed by atoms with Crippen molar-refractivity contribution in [3.63, 3.8) is 0 Å². The van der Waals surface area contributed by atoms with Crippen molar-refractivity contribution >= 4 is 22.8 Å². The second kappa shape index (κ2) is 6.54. The topological polar surface area (TPSA) is 112 Å². The number of pyridine rings is 1. The van der Waals surface area contributed by atoms with Gasteiger partial charge in [-0.2, -0.15) is 10.1 Å². The molecule has 1 aliphatic carbocycles. The molecule has 9 heteroatoms. The van der Waals surface area contributed by atoms with E-state index in [9.17, 15) is 4.39 Å². The molecular weight excluding hydrogens is 371 g/mol. The van der Waals surface area contributed by atoms with Crippen molar-refractivity contribution in [2.75, 3.05) is 17.7 Å². The third-order valence-corrected chi connectivity index (χ3v) is 5.54. The van der Waals surface area contributed by atoms with Gasteiger partial charge in [0.25, 0.3) is 0 Å². The lowest BCUT2D eigenvalue weighted by Gasteiger charge is -2.24.